The number of halogens is 2. The van der Waals surface area contributed by atoms with E-state index in [2.05, 4.69) is 5.32 Å². The smallest absolute Gasteiger partial charge is 0.311 e. The molecule has 0 radical (unpaired) electrons. The van der Waals surface area contributed by atoms with Gasteiger partial charge < -0.3 is 14.8 Å². The van der Waals surface area contributed by atoms with Gasteiger partial charge in [-0.15, -0.1) is 0 Å². The number of hydrogen-bond acceptors (Lipinski definition) is 6. The molecule has 2 aromatic rings. The summed E-state index contributed by atoms with van der Waals surface area (Å²) in [4.78, 5) is 33.8. The van der Waals surface area contributed by atoms with Gasteiger partial charge in [-0.25, -0.2) is 4.39 Å². The number of carbonyl (C=O) groups excluding carboxylic acids is 2. The number of nitro groups is 1. The second-order valence-corrected chi connectivity index (χ2v) is 5.69. The maximum atomic E-state index is 13.6. The second-order valence-electron chi connectivity index (χ2n) is 5.69. The molecule has 1 atom stereocenters. The van der Waals surface area contributed by atoms with E-state index in [0.717, 1.165) is 24.3 Å². The lowest BCUT2D eigenvalue weighted by molar-refractivity contribution is -0.387. The summed E-state index contributed by atoms with van der Waals surface area (Å²) in [7, 11) is 1.31. The van der Waals surface area contributed by atoms with Crippen LogP contribution in [-0.2, 0) is 20.7 Å². The Morgan fingerprint density at radius 1 is 1.18 bits per heavy atom. The first kappa shape index (κ1) is 20.7. The van der Waals surface area contributed by atoms with Crippen LogP contribution in [0.4, 0.5) is 20.2 Å². The quantitative estimate of drug-likeness (QED) is 0.439. The molecular formula is C18H16F2N2O6. The van der Waals surface area contributed by atoms with Gasteiger partial charge in [0.05, 0.1) is 18.5 Å². The van der Waals surface area contributed by atoms with E-state index < -0.39 is 40.2 Å². The molecule has 0 aromatic heterocycles. The van der Waals surface area contributed by atoms with Crippen molar-refractivity contribution < 1.29 is 32.8 Å². The van der Waals surface area contributed by atoms with E-state index in [1.165, 1.54) is 26.2 Å². The van der Waals surface area contributed by atoms with Crippen molar-refractivity contribution in [1.29, 1.82) is 0 Å². The van der Waals surface area contributed by atoms with E-state index in [-0.39, 0.29) is 17.9 Å². The van der Waals surface area contributed by atoms with E-state index in [1.807, 2.05) is 0 Å². The van der Waals surface area contributed by atoms with Gasteiger partial charge in [-0.05, 0) is 36.8 Å². The van der Waals surface area contributed by atoms with Crippen molar-refractivity contribution in [1.82, 2.24) is 0 Å². The van der Waals surface area contributed by atoms with Crippen molar-refractivity contribution in [2.45, 2.75) is 19.4 Å². The standard InChI is InChI=1S/C18H16F2N2O6/c1-10(18(24)21-12-4-5-13(19)15(9-12)22(25)26)28-17(23)8-11-3-6-16(27-2)14(20)7-11/h3-7,9-10H,8H2,1-2H3,(H,21,24)/t10-/m0/s1. The van der Waals surface area contributed by atoms with Gasteiger partial charge in [0.2, 0.25) is 5.82 Å². The molecular weight excluding hydrogens is 378 g/mol. The lowest BCUT2D eigenvalue weighted by Gasteiger charge is -2.14. The molecule has 0 saturated heterocycles. The van der Waals surface area contributed by atoms with Crippen LogP contribution in [0.15, 0.2) is 36.4 Å². The fourth-order valence-electron chi connectivity index (χ4n) is 2.25. The fourth-order valence-corrected chi connectivity index (χ4v) is 2.25. The summed E-state index contributed by atoms with van der Waals surface area (Å²) in [5.74, 6) is -3.21. The molecule has 2 aromatic carbocycles. The van der Waals surface area contributed by atoms with Crippen LogP contribution < -0.4 is 10.1 Å². The number of benzene rings is 2. The molecule has 0 spiro atoms. The average Bonchev–Trinajstić information content (AvgIpc) is 2.63. The Morgan fingerprint density at radius 3 is 2.50 bits per heavy atom. The van der Waals surface area contributed by atoms with Gasteiger partial charge in [0.25, 0.3) is 5.91 Å². The van der Waals surface area contributed by atoms with Crippen molar-refractivity contribution in [3.05, 3.63) is 63.7 Å². The predicted octanol–water partition coefficient (Wildman–Crippen LogP) is 2.99. The van der Waals surface area contributed by atoms with Crippen molar-refractivity contribution in [3.8, 4) is 5.75 Å². The van der Waals surface area contributed by atoms with Gasteiger partial charge in [0.1, 0.15) is 0 Å². The van der Waals surface area contributed by atoms with Crippen molar-refractivity contribution >= 4 is 23.3 Å². The Bertz CT molecular complexity index is 919. The number of carbonyl (C=O) groups is 2. The van der Waals surface area contributed by atoms with E-state index in [1.54, 1.807) is 0 Å². The van der Waals surface area contributed by atoms with Gasteiger partial charge in [-0.3, -0.25) is 19.7 Å². The zero-order valence-corrected chi connectivity index (χ0v) is 14.9. The largest absolute Gasteiger partial charge is 0.494 e. The Balaban J connectivity index is 1.96. The first-order chi connectivity index (χ1) is 13.2. The summed E-state index contributed by atoms with van der Waals surface area (Å²) in [5.41, 5.74) is -0.507. The summed E-state index contributed by atoms with van der Waals surface area (Å²) in [6, 6.07) is 6.77. The van der Waals surface area contributed by atoms with E-state index in [0.29, 0.717) is 5.56 Å². The monoisotopic (exact) mass is 394 g/mol. The third-order valence-electron chi connectivity index (χ3n) is 3.65. The molecule has 0 bridgehead atoms. The minimum atomic E-state index is -1.24. The van der Waals surface area contributed by atoms with E-state index in [4.69, 9.17) is 9.47 Å². The number of esters is 1. The van der Waals surface area contributed by atoms with Gasteiger partial charge in [-0.2, -0.15) is 4.39 Å². The number of anilines is 1. The summed E-state index contributed by atoms with van der Waals surface area (Å²) >= 11 is 0. The lowest BCUT2D eigenvalue weighted by atomic mass is 10.1. The van der Waals surface area contributed by atoms with Crippen molar-refractivity contribution in [2.75, 3.05) is 12.4 Å². The summed E-state index contributed by atoms with van der Waals surface area (Å²) in [6.07, 6.45) is -1.51. The summed E-state index contributed by atoms with van der Waals surface area (Å²) < 4.78 is 36.7. The van der Waals surface area contributed by atoms with Gasteiger partial charge in [-0.1, -0.05) is 6.07 Å². The van der Waals surface area contributed by atoms with Crippen molar-refractivity contribution in [3.63, 3.8) is 0 Å². The maximum absolute atomic E-state index is 13.6. The molecule has 8 nitrogen and oxygen atoms in total. The molecule has 0 heterocycles. The number of methoxy groups -OCH3 is 1. The fraction of sp³-hybridized carbons (Fsp3) is 0.222. The zero-order chi connectivity index (χ0) is 20.8. The Kier molecular flexibility index (Phi) is 6.59. The highest BCUT2D eigenvalue weighted by atomic mass is 19.1. The number of nitro benzene ring substituents is 1. The zero-order valence-electron chi connectivity index (χ0n) is 14.9. The molecule has 148 valence electrons. The summed E-state index contributed by atoms with van der Waals surface area (Å²) in [5, 5.41) is 13.0. The number of amides is 1. The maximum Gasteiger partial charge on any atom is 0.311 e. The first-order valence-electron chi connectivity index (χ1n) is 7.98. The molecule has 0 saturated carbocycles. The van der Waals surface area contributed by atoms with Crippen LogP contribution in [0.25, 0.3) is 0 Å². The normalized spacial score (nSPS) is 11.4. The number of nitrogens with one attached hydrogen (secondary N) is 1. The highest BCUT2D eigenvalue weighted by Gasteiger charge is 2.21. The highest BCUT2D eigenvalue weighted by Crippen LogP contribution is 2.22. The molecule has 0 unspecified atom stereocenters. The molecule has 1 amide bonds. The minimum Gasteiger partial charge on any atom is -0.494 e. The molecule has 0 fully saturated rings. The summed E-state index contributed by atoms with van der Waals surface area (Å²) in [6.45, 7) is 1.29. The Hall–Kier alpha value is -3.56. The van der Waals surface area contributed by atoms with Crippen LogP contribution in [0.2, 0.25) is 0 Å². The average molecular weight is 394 g/mol. The molecule has 10 heteroatoms. The van der Waals surface area contributed by atoms with Crippen LogP contribution in [0, 0.1) is 21.7 Å². The van der Waals surface area contributed by atoms with E-state index in [9.17, 15) is 28.5 Å². The molecule has 0 aliphatic heterocycles. The SMILES string of the molecule is COc1ccc(CC(=O)O[C@@H](C)C(=O)Nc2ccc(F)c([N+](=O)[O-])c2)cc1F. The number of rotatable bonds is 7. The van der Waals surface area contributed by atoms with Crippen LogP contribution in [0.3, 0.4) is 0 Å². The second kappa shape index (κ2) is 8.89. The van der Waals surface area contributed by atoms with Crippen LogP contribution in [0.5, 0.6) is 5.75 Å². The van der Waals surface area contributed by atoms with Gasteiger partial charge >= 0.3 is 11.7 Å². The molecule has 0 aliphatic carbocycles. The Labute approximate surface area is 158 Å². The number of nitrogens with zero attached hydrogens (tertiary/aromatic N) is 1. The third-order valence-corrected chi connectivity index (χ3v) is 3.65. The number of hydrogen-bond donors (Lipinski definition) is 1. The highest BCUT2D eigenvalue weighted by molar-refractivity contribution is 5.95. The Morgan fingerprint density at radius 2 is 1.89 bits per heavy atom. The van der Waals surface area contributed by atoms with E-state index >= 15 is 0 Å². The topological polar surface area (TPSA) is 108 Å². The molecule has 1 N–H and O–H groups in total. The van der Waals surface area contributed by atoms with Crippen LogP contribution in [0.1, 0.15) is 12.5 Å². The van der Waals surface area contributed by atoms with Crippen molar-refractivity contribution in [2.24, 2.45) is 0 Å². The van der Waals surface area contributed by atoms with Gasteiger partial charge in [0, 0.05) is 11.8 Å². The molecule has 28 heavy (non-hydrogen) atoms. The molecule has 2 rings (SSSR count). The lowest BCUT2D eigenvalue weighted by Crippen LogP contribution is -2.30. The van der Waals surface area contributed by atoms with Gasteiger partial charge in [0.15, 0.2) is 17.7 Å². The minimum absolute atomic E-state index is 0.0262. The first-order valence-corrected chi connectivity index (χ1v) is 7.98. The molecule has 0 aliphatic rings. The van der Waals surface area contributed by atoms with Crippen LogP contribution in [-0.4, -0.2) is 30.0 Å². The number of ether oxygens (including phenoxy) is 2. The van der Waals surface area contributed by atoms with Crippen LogP contribution >= 0.6 is 0 Å². The predicted molar refractivity (Wildman–Crippen MR) is 93.9 cm³/mol. The third kappa shape index (κ3) is 5.22.